The molecule has 0 aromatic heterocycles. The van der Waals surface area contributed by atoms with E-state index < -0.39 is 18.2 Å². The second-order valence-corrected chi connectivity index (χ2v) is 18.3. The van der Waals surface area contributed by atoms with Crippen molar-refractivity contribution in [1.29, 1.82) is 0 Å². The smallest absolute Gasteiger partial charge is 0.306 e. The number of ether oxygens (including phenoxy) is 1. The van der Waals surface area contributed by atoms with Crippen molar-refractivity contribution < 1.29 is 24.5 Å². The summed E-state index contributed by atoms with van der Waals surface area (Å²) in [4.78, 5) is 26.0. The van der Waals surface area contributed by atoms with Crippen LogP contribution in [0.5, 0.6) is 0 Å². The first-order chi connectivity index (χ1) is 28.5. The van der Waals surface area contributed by atoms with Gasteiger partial charge in [0.25, 0.3) is 0 Å². The van der Waals surface area contributed by atoms with Crippen molar-refractivity contribution in [2.24, 2.45) is 0 Å². The molecular weight excluding hydrogens is 719 g/mol. The molecule has 0 radical (unpaired) electrons. The molecule has 0 aromatic carbocycles. The molecular formula is C52H103NO5. The van der Waals surface area contributed by atoms with Crippen LogP contribution in [0.1, 0.15) is 297 Å². The van der Waals surface area contributed by atoms with Crippen molar-refractivity contribution >= 4 is 11.9 Å². The average molecular weight is 822 g/mol. The fraction of sp³-hybridized carbons (Fsp3) is 0.962. The maximum Gasteiger partial charge on any atom is 0.306 e. The van der Waals surface area contributed by atoms with Gasteiger partial charge in [0.2, 0.25) is 5.91 Å². The minimum absolute atomic E-state index is 0.0861. The second-order valence-electron chi connectivity index (χ2n) is 18.3. The van der Waals surface area contributed by atoms with E-state index in [0.29, 0.717) is 19.3 Å². The summed E-state index contributed by atoms with van der Waals surface area (Å²) in [5.74, 6) is -0.457. The molecule has 0 rings (SSSR count). The number of amides is 1. The third-order valence-electron chi connectivity index (χ3n) is 12.4. The van der Waals surface area contributed by atoms with Crippen LogP contribution in [0.3, 0.4) is 0 Å². The number of unbranched alkanes of at least 4 members (excludes halogenated alkanes) is 36. The molecule has 0 aromatic rings. The van der Waals surface area contributed by atoms with Crippen LogP contribution in [0.15, 0.2) is 0 Å². The predicted octanol–water partition coefficient (Wildman–Crippen LogP) is 15.6. The zero-order valence-electron chi connectivity index (χ0n) is 39.5. The number of aliphatic hydroxyl groups excluding tert-OH is 2. The Morgan fingerprint density at radius 1 is 0.431 bits per heavy atom. The summed E-state index contributed by atoms with van der Waals surface area (Å²) in [6.07, 6.45) is 50.4. The molecule has 0 fully saturated rings. The lowest BCUT2D eigenvalue weighted by Crippen LogP contribution is -2.46. The van der Waals surface area contributed by atoms with Crippen LogP contribution in [0, 0.1) is 0 Å². The molecule has 0 aliphatic carbocycles. The monoisotopic (exact) mass is 822 g/mol. The van der Waals surface area contributed by atoms with E-state index in [-0.39, 0.29) is 24.9 Å². The average Bonchev–Trinajstić information content (AvgIpc) is 3.21. The van der Waals surface area contributed by atoms with Crippen LogP contribution in [-0.4, -0.2) is 46.9 Å². The van der Waals surface area contributed by atoms with Gasteiger partial charge in [0.05, 0.1) is 25.2 Å². The molecule has 3 unspecified atom stereocenters. The van der Waals surface area contributed by atoms with Crippen LogP contribution >= 0.6 is 0 Å². The standard InChI is InChI=1S/C52H103NO5/c1-4-7-10-13-16-18-20-22-24-25-26-27-29-31-33-36-39-42-45-52(57)58-48(43-40-37-34-15-12-9-6-3)46-51(56)53-49(47-54)50(55)44-41-38-35-32-30-28-23-21-19-17-14-11-8-5-2/h48-50,54-55H,4-47H2,1-3H3,(H,53,56). The molecule has 0 aliphatic rings. The molecule has 0 aliphatic heterocycles. The minimum Gasteiger partial charge on any atom is -0.462 e. The highest BCUT2D eigenvalue weighted by molar-refractivity contribution is 5.77. The van der Waals surface area contributed by atoms with Gasteiger partial charge in [-0.3, -0.25) is 9.59 Å². The SMILES string of the molecule is CCCCCCCCCCCCCCCCCCCCC(=O)OC(CCCCCCCCC)CC(=O)NC(CO)C(O)CCCCCCCCCCCCCCCC. The van der Waals surface area contributed by atoms with Gasteiger partial charge in [-0.1, -0.05) is 258 Å². The first-order valence-electron chi connectivity index (χ1n) is 26.3. The van der Waals surface area contributed by atoms with Crippen LogP contribution in [0.25, 0.3) is 0 Å². The summed E-state index contributed by atoms with van der Waals surface area (Å²) in [5.41, 5.74) is 0. The molecule has 0 saturated carbocycles. The van der Waals surface area contributed by atoms with Crippen LogP contribution in [0.2, 0.25) is 0 Å². The van der Waals surface area contributed by atoms with E-state index in [9.17, 15) is 19.8 Å². The van der Waals surface area contributed by atoms with E-state index in [1.165, 1.54) is 212 Å². The maximum atomic E-state index is 13.1. The van der Waals surface area contributed by atoms with E-state index in [4.69, 9.17) is 4.74 Å². The lowest BCUT2D eigenvalue weighted by atomic mass is 10.0. The topological polar surface area (TPSA) is 95.9 Å². The third-order valence-corrected chi connectivity index (χ3v) is 12.4. The molecule has 0 heterocycles. The number of hydrogen-bond donors (Lipinski definition) is 3. The van der Waals surface area contributed by atoms with Gasteiger partial charge in [0.15, 0.2) is 0 Å². The highest BCUT2D eigenvalue weighted by Crippen LogP contribution is 2.19. The Bertz CT molecular complexity index is 837. The Hall–Kier alpha value is -1.14. The zero-order valence-corrected chi connectivity index (χ0v) is 39.5. The molecule has 58 heavy (non-hydrogen) atoms. The van der Waals surface area contributed by atoms with E-state index in [1.54, 1.807) is 0 Å². The van der Waals surface area contributed by atoms with Gasteiger partial charge in [-0.05, 0) is 25.7 Å². The summed E-state index contributed by atoms with van der Waals surface area (Å²) < 4.78 is 5.91. The van der Waals surface area contributed by atoms with Crippen molar-refractivity contribution in [3.05, 3.63) is 0 Å². The molecule has 0 bridgehead atoms. The van der Waals surface area contributed by atoms with E-state index in [2.05, 4.69) is 26.1 Å². The number of carbonyl (C=O) groups excluding carboxylic acids is 2. The highest BCUT2D eigenvalue weighted by Gasteiger charge is 2.24. The Morgan fingerprint density at radius 3 is 1.05 bits per heavy atom. The fourth-order valence-electron chi connectivity index (χ4n) is 8.43. The zero-order chi connectivity index (χ0) is 42.4. The Kier molecular flexibility index (Phi) is 46.0. The van der Waals surface area contributed by atoms with Gasteiger partial charge in [-0.2, -0.15) is 0 Å². The summed E-state index contributed by atoms with van der Waals surface area (Å²) in [6, 6.07) is -0.691. The molecule has 6 nitrogen and oxygen atoms in total. The summed E-state index contributed by atoms with van der Waals surface area (Å²) in [7, 11) is 0. The Balaban J connectivity index is 4.28. The Labute approximate surface area is 362 Å². The summed E-state index contributed by atoms with van der Waals surface area (Å²) in [6.45, 7) is 6.48. The molecule has 3 atom stereocenters. The van der Waals surface area contributed by atoms with Crippen molar-refractivity contribution in [3.63, 3.8) is 0 Å². The number of esters is 1. The molecule has 0 spiro atoms. The predicted molar refractivity (Wildman–Crippen MR) is 250 cm³/mol. The van der Waals surface area contributed by atoms with Gasteiger partial charge < -0.3 is 20.3 Å². The van der Waals surface area contributed by atoms with E-state index in [1.807, 2.05) is 0 Å². The van der Waals surface area contributed by atoms with E-state index >= 15 is 0 Å². The van der Waals surface area contributed by atoms with Gasteiger partial charge in [-0.25, -0.2) is 0 Å². The molecule has 1 amide bonds. The fourth-order valence-corrected chi connectivity index (χ4v) is 8.43. The van der Waals surface area contributed by atoms with Crippen LogP contribution in [-0.2, 0) is 14.3 Å². The van der Waals surface area contributed by atoms with Gasteiger partial charge >= 0.3 is 5.97 Å². The van der Waals surface area contributed by atoms with Crippen LogP contribution < -0.4 is 5.32 Å². The van der Waals surface area contributed by atoms with Crippen molar-refractivity contribution in [3.8, 4) is 0 Å². The summed E-state index contributed by atoms with van der Waals surface area (Å²) in [5, 5.41) is 23.7. The number of rotatable bonds is 48. The molecule has 0 saturated heterocycles. The minimum atomic E-state index is -0.778. The first kappa shape index (κ1) is 56.9. The number of aliphatic hydroxyl groups is 2. The van der Waals surface area contributed by atoms with Crippen molar-refractivity contribution in [2.75, 3.05) is 6.61 Å². The van der Waals surface area contributed by atoms with E-state index in [0.717, 1.165) is 38.5 Å². The van der Waals surface area contributed by atoms with Gasteiger partial charge in [-0.15, -0.1) is 0 Å². The first-order valence-corrected chi connectivity index (χ1v) is 26.3. The molecule has 346 valence electrons. The second kappa shape index (κ2) is 46.9. The lowest BCUT2D eigenvalue weighted by Gasteiger charge is -2.24. The van der Waals surface area contributed by atoms with Crippen molar-refractivity contribution in [1.82, 2.24) is 5.32 Å². The number of carbonyl (C=O) groups is 2. The number of nitrogens with one attached hydrogen (secondary N) is 1. The molecule has 6 heteroatoms. The highest BCUT2D eigenvalue weighted by atomic mass is 16.5. The molecule has 3 N–H and O–H groups in total. The van der Waals surface area contributed by atoms with Crippen molar-refractivity contribution in [2.45, 2.75) is 315 Å². The van der Waals surface area contributed by atoms with Gasteiger partial charge in [0, 0.05) is 6.42 Å². The normalized spacial score (nSPS) is 13.1. The lowest BCUT2D eigenvalue weighted by molar-refractivity contribution is -0.151. The van der Waals surface area contributed by atoms with Crippen LogP contribution in [0.4, 0.5) is 0 Å². The van der Waals surface area contributed by atoms with Gasteiger partial charge in [0.1, 0.15) is 6.10 Å². The third kappa shape index (κ3) is 41.6. The Morgan fingerprint density at radius 2 is 0.724 bits per heavy atom. The summed E-state index contributed by atoms with van der Waals surface area (Å²) >= 11 is 0. The number of hydrogen-bond acceptors (Lipinski definition) is 5. The maximum absolute atomic E-state index is 13.1. The quantitative estimate of drug-likeness (QED) is 0.0420. The largest absolute Gasteiger partial charge is 0.462 e.